The second-order valence-electron chi connectivity index (χ2n) is 4.55. The summed E-state index contributed by atoms with van der Waals surface area (Å²) < 4.78 is 11.9. The van der Waals surface area contributed by atoms with E-state index >= 15 is 0 Å². The number of nitro benzene ring substituents is 1. The van der Waals surface area contributed by atoms with Gasteiger partial charge in [0.25, 0.3) is 11.6 Å². The zero-order valence-electron chi connectivity index (χ0n) is 11.7. The molecule has 1 aromatic heterocycles. The predicted octanol–water partition coefficient (Wildman–Crippen LogP) is 3.99. The lowest BCUT2D eigenvalue weighted by Gasteiger charge is -2.02. The zero-order chi connectivity index (χ0) is 16.2. The van der Waals surface area contributed by atoms with Gasteiger partial charge in [-0.2, -0.15) is 0 Å². The summed E-state index contributed by atoms with van der Waals surface area (Å²) in [4.78, 5) is 10.2. The molecular formula is C15H10BrN3O4. The van der Waals surface area contributed by atoms with Crippen molar-refractivity contribution in [1.29, 1.82) is 0 Å². The number of non-ortho nitro benzene ring substituents is 1. The summed E-state index contributed by atoms with van der Waals surface area (Å²) in [6, 6.07) is 13.4. The minimum atomic E-state index is -0.481. The maximum Gasteiger partial charge on any atom is 0.273 e. The van der Waals surface area contributed by atoms with E-state index < -0.39 is 4.92 Å². The predicted molar refractivity (Wildman–Crippen MR) is 84.9 cm³/mol. The summed E-state index contributed by atoms with van der Waals surface area (Å²) in [5.41, 5.74) is 0.755. The Morgan fingerprint density at radius 3 is 2.70 bits per heavy atom. The standard InChI is InChI=1S/C15H10BrN3O4/c16-11-6-4-10(5-7-11)15-18-17-14(23-15)9-22-13-3-1-2-12(8-13)19(20)21/h1-8H,9H2. The lowest BCUT2D eigenvalue weighted by atomic mass is 10.2. The van der Waals surface area contributed by atoms with Gasteiger partial charge in [0.05, 0.1) is 11.0 Å². The molecule has 0 aliphatic rings. The Balaban J connectivity index is 1.69. The molecular weight excluding hydrogens is 366 g/mol. The van der Waals surface area contributed by atoms with Crippen LogP contribution in [0.1, 0.15) is 5.89 Å². The third kappa shape index (κ3) is 3.72. The maximum absolute atomic E-state index is 10.7. The van der Waals surface area contributed by atoms with Crippen LogP contribution in [0.25, 0.3) is 11.5 Å². The van der Waals surface area contributed by atoms with Crippen LogP contribution in [0.3, 0.4) is 0 Å². The Morgan fingerprint density at radius 2 is 1.96 bits per heavy atom. The Labute approximate surface area is 139 Å². The number of benzene rings is 2. The van der Waals surface area contributed by atoms with E-state index in [-0.39, 0.29) is 18.2 Å². The molecule has 23 heavy (non-hydrogen) atoms. The van der Waals surface area contributed by atoms with Crippen LogP contribution in [0.15, 0.2) is 57.4 Å². The van der Waals surface area contributed by atoms with Crippen molar-refractivity contribution in [1.82, 2.24) is 10.2 Å². The number of nitrogens with zero attached hydrogens (tertiary/aromatic N) is 3. The first-order chi connectivity index (χ1) is 11.1. The fourth-order valence-electron chi connectivity index (χ4n) is 1.85. The van der Waals surface area contributed by atoms with Gasteiger partial charge in [-0.25, -0.2) is 0 Å². The monoisotopic (exact) mass is 375 g/mol. The molecule has 116 valence electrons. The topological polar surface area (TPSA) is 91.3 Å². The molecule has 0 fully saturated rings. The Bertz CT molecular complexity index is 833. The van der Waals surface area contributed by atoms with Crippen LogP contribution >= 0.6 is 15.9 Å². The van der Waals surface area contributed by atoms with Gasteiger partial charge in [-0.1, -0.05) is 22.0 Å². The van der Waals surface area contributed by atoms with Gasteiger partial charge in [0.15, 0.2) is 6.61 Å². The SMILES string of the molecule is O=[N+]([O-])c1cccc(OCc2nnc(-c3ccc(Br)cc3)o2)c1. The van der Waals surface area contributed by atoms with Gasteiger partial charge < -0.3 is 9.15 Å². The Morgan fingerprint density at radius 1 is 1.17 bits per heavy atom. The van der Waals surface area contributed by atoms with Gasteiger partial charge in [0.1, 0.15) is 5.75 Å². The summed E-state index contributed by atoms with van der Waals surface area (Å²) in [5.74, 6) is 1.03. The number of hydrogen-bond acceptors (Lipinski definition) is 6. The molecule has 2 aromatic carbocycles. The number of nitro groups is 1. The minimum Gasteiger partial charge on any atom is -0.484 e. The van der Waals surface area contributed by atoms with Crippen molar-refractivity contribution in [2.24, 2.45) is 0 Å². The van der Waals surface area contributed by atoms with Gasteiger partial charge in [0.2, 0.25) is 5.89 Å². The zero-order valence-corrected chi connectivity index (χ0v) is 13.3. The van der Waals surface area contributed by atoms with Gasteiger partial charge >= 0.3 is 0 Å². The number of rotatable bonds is 5. The summed E-state index contributed by atoms with van der Waals surface area (Å²) in [6.45, 7) is 0.0324. The molecule has 0 saturated carbocycles. The lowest BCUT2D eigenvalue weighted by molar-refractivity contribution is -0.384. The van der Waals surface area contributed by atoms with Crippen molar-refractivity contribution in [3.05, 3.63) is 69.0 Å². The molecule has 0 bridgehead atoms. The third-order valence-electron chi connectivity index (χ3n) is 2.95. The van der Waals surface area contributed by atoms with Crippen molar-refractivity contribution in [3.8, 4) is 17.2 Å². The average Bonchev–Trinajstić information content (AvgIpc) is 3.03. The van der Waals surface area contributed by atoms with Crippen molar-refractivity contribution in [2.75, 3.05) is 0 Å². The van der Waals surface area contributed by atoms with Crippen molar-refractivity contribution < 1.29 is 14.1 Å². The Kier molecular flexibility index (Phi) is 4.33. The van der Waals surface area contributed by atoms with Crippen LogP contribution < -0.4 is 4.74 Å². The second-order valence-corrected chi connectivity index (χ2v) is 5.47. The fourth-order valence-corrected chi connectivity index (χ4v) is 2.12. The largest absolute Gasteiger partial charge is 0.484 e. The van der Waals surface area contributed by atoms with E-state index in [0.29, 0.717) is 11.6 Å². The van der Waals surface area contributed by atoms with Gasteiger partial charge in [-0.15, -0.1) is 10.2 Å². The highest BCUT2D eigenvalue weighted by Gasteiger charge is 2.10. The van der Waals surface area contributed by atoms with Gasteiger partial charge in [-0.05, 0) is 30.3 Å². The molecule has 7 nitrogen and oxygen atoms in total. The molecule has 0 spiro atoms. The fraction of sp³-hybridized carbons (Fsp3) is 0.0667. The Hall–Kier alpha value is -2.74. The molecule has 0 aliphatic heterocycles. The summed E-state index contributed by atoms with van der Waals surface area (Å²) in [6.07, 6.45) is 0. The van der Waals surface area contributed by atoms with Crippen molar-refractivity contribution >= 4 is 21.6 Å². The van der Waals surface area contributed by atoms with Crippen molar-refractivity contribution in [3.63, 3.8) is 0 Å². The number of aromatic nitrogens is 2. The average molecular weight is 376 g/mol. The van der Waals surface area contributed by atoms with Gasteiger partial charge in [-0.3, -0.25) is 10.1 Å². The molecule has 0 saturated heterocycles. The molecule has 8 heteroatoms. The first-order valence-electron chi connectivity index (χ1n) is 6.57. The highest BCUT2D eigenvalue weighted by molar-refractivity contribution is 9.10. The van der Waals surface area contributed by atoms with E-state index in [1.54, 1.807) is 12.1 Å². The van der Waals surface area contributed by atoms with Crippen LogP contribution in [0.5, 0.6) is 5.75 Å². The lowest BCUT2D eigenvalue weighted by Crippen LogP contribution is -1.96. The second kappa shape index (κ2) is 6.57. The first-order valence-corrected chi connectivity index (χ1v) is 7.37. The molecule has 0 N–H and O–H groups in total. The number of halogens is 1. The molecule has 0 radical (unpaired) electrons. The molecule has 0 unspecified atom stereocenters. The number of hydrogen-bond donors (Lipinski definition) is 0. The van der Waals surface area contributed by atoms with E-state index in [9.17, 15) is 10.1 Å². The quantitative estimate of drug-likeness (QED) is 0.494. The molecule has 0 aliphatic carbocycles. The molecule has 3 rings (SSSR count). The molecule has 1 heterocycles. The van der Waals surface area contributed by atoms with Crippen LogP contribution in [-0.4, -0.2) is 15.1 Å². The van der Waals surface area contributed by atoms with Crippen LogP contribution in [0, 0.1) is 10.1 Å². The summed E-state index contributed by atoms with van der Waals surface area (Å²) >= 11 is 3.36. The number of ether oxygens (including phenoxy) is 1. The van der Waals surface area contributed by atoms with E-state index in [4.69, 9.17) is 9.15 Å². The summed E-state index contributed by atoms with van der Waals surface area (Å²) in [5, 5.41) is 18.6. The van der Waals surface area contributed by atoms with Crippen LogP contribution in [0.4, 0.5) is 5.69 Å². The summed E-state index contributed by atoms with van der Waals surface area (Å²) in [7, 11) is 0. The van der Waals surface area contributed by atoms with E-state index in [0.717, 1.165) is 10.0 Å². The van der Waals surface area contributed by atoms with Crippen LogP contribution in [-0.2, 0) is 6.61 Å². The highest BCUT2D eigenvalue weighted by Crippen LogP contribution is 2.22. The normalized spacial score (nSPS) is 10.5. The molecule has 0 atom stereocenters. The smallest absolute Gasteiger partial charge is 0.273 e. The first kappa shape index (κ1) is 15.2. The highest BCUT2D eigenvalue weighted by atomic mass is 79.9. The maximum atomic E-state index is 10.7. The third-order valence-corrected chi connectivity index (χ3v) is 3.48. The molecule has 3 aromatic rings. The van der Waals surface area contributed by atoms with Gasteiger partial charge in [0, 0.05) is 16.1 Å². The molecule has 0 amide bonds. The van der Waals surface area contributed by atoms with Crippen LogP contribution in [0.2, 0.25) is 0 Å². The van der Waals surface area contributed by atoms with E-state index in [2.05, 4.69) is 26.1 Å². The van der Waals surface area contributed by atoms with E-state index in [1.807, 2.05) is 24.3 Å². The van der Waals surface area contributed by atoms with Crippen molar-refractivity contribution in [2.45, 2.75) is 6.61 Å². The minimum absolute atomic E-state index is 0.0324. The van der Waals surface area contributed by atoms with E-state index in [1.165, 1.54) is 12.1 Å².